The van der Waals surface area contributed by atoms with E-state index in [1.807, 2.05) is 12.1 Å². The number of fused-ring (bicyclic) bond motifs is 1. The predicted molar refractivity (Wildman–Crippen MR) is 122 cm³/mol. The molecule has 0 atom stereocenters. The lowest BCUT2D eigenvalue weighted by atomic mass is 10.1. The van der Waals surface area contributed by atoms with Crippen LogP contribution >= 0.6 is 11.6 Å². The summed E-state index contributed by atoms with van der Waals surface area (Å²) in [5.74, 6) is 0.147. The van der Waals surface area contributed by atoms with Crippen molar-refractivity contribution < 1.29 is 23.8 Å². The zero-order chi connectivity index (χ0) is 23.5. The smallest absolute Gasteiger partial charge is 0.339 e. The number of ether oxygens (including phenoxy) is 3. The third-order valence-electron chi connectivity index (χ3n) is 4.90. The number of esters is 1. The molecule has 2 aromatic heterocycles. The Morgan fingerprint density at radius 1 is 0.970 bits per heavy atom. The lowest BCUT2D eigenvalue weighted by Gasteiger charge is -2.10. The van der Waals surface area contributed by atoms with Gasteiger partial charge in [-0.05, 0) is 42.5 Å². The van der Waals surface area contributed by atoms with E-state index in [0.29, 0.717) is 28.5 Å². The molecule has 0 aliphatic heterocycles. The highest BCUT2D eigenvalue weighted by molar-refractivity contribution is 6.34. The minimum atomic E-state index is -0.563. The fourth-order valence-corrected chi connectivity index (χ4v) is 3.54. The number of hydrogen-bond acceptors (Lipinski definition) is 7. The van der Waals surface area contributed by atoms with Crippen molar-refractivity contribution in [1.82, 2.24) is 14.6 Å². The molecule has 0 bridgehead atoms. The number of hydrogen-bond donors (Lipinski definition) is 1. The highest BCUT2D eigenvalue weighted by Crippen LogP contribution is 2.32. The predicted octanol–water partition coefficient (Wildman–Crippen LogP) is 4.11. The molecule has 0 unspecified atom stereocenters. The van der Waals surface area contributed by atoms with E-state index in [1.165, 1.54) is 19.2 Å². The second-order valence-electron chi connectivity index (χ2n) is 6.84. The first-order chi connectivity index (χ1) is 15.9. The van der Waals surface area contributed by atoms with E-state index in [4.69, 9.17) is 21.1 Å². The highest BCUT2D eigenvalue weighted by Gasteiger charge is 2.17. The van der Waals surface area contributed by atoms with Gasteiger partial charge in [-0.3, -0.25) is 4.79 Å². The monoisotopic (exact) mass is 466 g/mol. The summed E-state index contributed by atoms with van der Waals surface area (Å²) in [5, 5.41) is 7.31. The van der Waals surface area contributed by atoms with E-state index in [0.717, 1.165) is 5.56 Å². The van der Waals surface area contributed by atoms with Crippen molar-refractivity contribution in [2.75, 3.05) is 26.6 Å². The van der Waals surface area contributed by atoms with Gasteiger partial charge in [0.15, 0.2) is 22.8 Å². The van der Waals surface area contributed by atoms with Crippen LogP contribution in [0.25, 0.3) is 16.9 Å². The Morgan fingerprint density at radius 2 is 1.76 bits per heavy atom. The summed E-state index contributed by atoms with van der Waals surface area (Å²) in [5.41, 5.74) is 2.78. The standard InChI is InChI=1S/C23H19ClN4O5/c1-31-19-7-4-13(10-20(19)32-2)18-8-9-25-21-12-17(27-28(18)21)22(29)26-14-5-6-15(16(24)11-14)23(30)33-3/h4-12H,1-3H3,(H,26,29). The Bertz CT molecular complexity index is 1370. The van der Waals surface area contributed by atoms with Gasteiger partial charge in [0, 0.05) is 23.5 Å². The summed E-state index contributed by atoms with van der Waals surface area (Å²) >= 11 is 6.13. The van der Waals surface area contributed by atoms with Gasteiger partial charge in [0.05, 0.1) is 37.6 Å². The fourth-order valence-electron chi connectivity index (χ4n) is 3.28. The maximum Gasteiger partial charge on any atom is 0.339 e. The molecule has 4 rings (SSSR count). The summed E-state index contributed by atoms with van der Waals surface area (Å²) in [6, 6.07) is 13.3. The molecule has 168 valence electrons. The van der Waals surface area contributed by atoms with E-state index in [1.54, 1.807) is 49.2 Å². The number of halogens is 1. The Morgan fingerprint density at radius 3 is 2.45 bits per heavy atom. The van der Waals surface area contributed by atoms with Crippen LogP contribution in [-0.2, 0) is 4.74 Å². The van der Waals surface area contributed by atoms with Crippen LogP contribution < -0.4 is 14.8 Å². The zero-order valence-electron chi connectivity index (χ0n) is 18.0. The first-order valence-corrected chi connectivity index (χ1v) is 10.1. The number of methoxy groups -OCH3 is 3. The molecule has 1 amide bonds. The van der Waals surface area contributed by atoms with Crippen LogP contribution in [0.3, 0.4) is 0 Å². The maximum atomic E-state index is 12.8. The van der Waals surface area contributed by atoms with E-state index in [-0.39, 0.29) is 16.3 Å². The van der Waals surface area contributed by atoms with Gasteiger partial charge in [-0.1, -0.05) is 11.6 Å². The molecule has 10 heteroatoms. The van der Waals surface area contributed by atoms with Crippen LogP contribution in [0, 0.1) is 0 Å². The van der Waals surface area contributed by atoms with Crippen molar-refractivity contribution in [3.05, 3.63) is 71.0 Å². The van der Waals surface area contributed by atoms with Crippen LogP contribution in [-0.4, -0.2) is 47.8 Å². The number of nitrogens with zero attached hydrogens (tertiary/aromatic N) is 3. The van der Waals surface area contributed by atoms with E-state index < -0.39 is 11.9 Å². The third kappa shape index (κ3) is 4.31. The van der Waals surface area contributed by atoms with Crippen molar-refractivity contribution in [2.24, 2.45) is 0 Å². The van der Waals surface area contributed by atoms with Crippen molar-refractivity contribution >= 4 is 34.8 Å². The molecule has 2 aromatic carbocycles. The summed E-state index contributed by atoms with van der Waals surface area (Å²) in [4.78, 5) is 28.8. The number of anilines is 1. The van der Waals surface area contributed by atoms with Gasteiger partial charge >= 0.3 is 5.97 Å². The van der Waals surface area contributed by atoms with Gasteiger partial charge < -0.3 is 19.5 Å². The molecule has 2 heterocycles. The first-order valence-electron chi connectivity index (χ1n) is 9.71. The summed E-state index contributed by atoms with van der Waals surface area (Å²) in [7, 11) is 4.39. The normalized spacial score (nSPS) is 10.7. The number of nitrogens with one attached hydrogen (secondary N) is 1. The van der Waals surface area contributed by atoms with Gasteiger partial charge in [-0.15, -0.1) is 0 Å². The largest absolute Gasteiger partial charge is 0.493 e. The SMILES string of the molecule is COC(=O)c1ccc(NC(=O)c2cc3nccc(-c4ccc(OC)c(OC)c4)n3n2)cc1Cl. The molecular weight excluding hydrogens is 448 g/mol. The summed E-state index contributed by atoms with van der Waals surface area (Å²) < 4.78 is 16.9. The van der Waals surface area contributed by atoms with Crippen LogP contribution in [0.2, 0.25) is 5.02 Å². The minimum absolute atomic E-state index is 0.156. The summed E-state index contributed by atoms with van der Waals surface area (Å²) in [6.07, 6.45) is 1.63. The van der Waals surface area contributed by atoms with Crippen LogP contribution in [0.5, 0.6) is 11.5 Å². The Kier molecular flexibility index (Phi) is 6.14. The van der Waals surface area contributed by atoms with Gasteiger partial charge in [-0.2, -0.15) is 5.10 Å². The van der Waals surface area contributed by atoms with Crippen molar-refractivity contribution in [2.45, 2.75) is 0 Å². The molecule has 0 radical (unpaired) electrons. The summed E-state index contributed by atoms with van der Waals surface area (Å²) in [6.45, 7) is 0. The van der Waals surface area contributed by atoms with Gasteiger partial charge in [0.2, 0.25) is 0 Å². The van der Waals surface area contributed by atoms with Gasteiger partial charge in [0.25, 0.3) is 5.91 Å². The Balaban J connectivity index is 1.65. The molecule has 1 N–H and O–H groups in total. The van der Waals surface area contributed by atoms with Crippen LogP contribution in [0.4, 0.5) is 5.69 Å². The van der Waals surface area contributed by atoms with E-state index in [9.17, 15) is 9.59 Å². The quantitative estimate of drug-likeness (QED) is 0.426. The lowest BCUT2D eigenvalue weighted by molar-refractivity contribution is 0.0601. The van der Waals surface area contributed by atoms with Crippen molar-refractivity contribution in [1.29, 1.82) is 0 Å². The molecule has 0 saturated carbocycles. The maximum absolute atomic E-state index is 12.8. The number of carbonyl (C=O) groups excluding carboxylic acids is 2. The topological polar surface area (TPSA) is 104 Å². The number of benzene rings is 2. The molecule has 0 aliphatic carbocycles. The lowest BCUT2D eigenvalue weighted by Crippen LogP contribution is -2.13. The van der Waals surface area contributed by atoms with E-state index >= 15 is 0 Å². The second kappa shape index (κ2) is 9.17. The molecule has 0 aliphatic rings. The third-order valence-corrected chi connectivity index (χ3v) is 5.21. The highest BCUT2D eigenvalue weighted by atomic mass is 35.5. The molecule has 0 spiro atoms. The van der Waals surface area contributed by atoms with Gasteiger partial charge in [-0.25, -0.2) is 14.3 Å². The fraction of sp³-hybridized carbons (Fsp3) is 0.130. The average Bonchev–Trinajstić information content (AvgIpc) is 3.28. The van der Waals surface area contributed by atoms with E-state index in [2.05, 4.69) is 20.1 Å². The molecule has 0 fully saturated rings. The second-order valence-corrected chi connectivity index (χ2v) is 7.25. The van der Waals surface area contributed by atoms with Crippen LogP contribution in [0.15, 0.2) is 54.7 Å². The van der Waals surface area contributed by atoms with Crippen LogP contribution in [0.1, 0.15) is 20.8 Å². The van der Waals surface area contributed by atoms with Gasteiger partial charge in [0.1, 0.15) is 0 Å². The van der Waals surface area contributed by atoms with Crippen molar-refractivity contribution in [3.8, 4) is 22.8 Å². The minimum Gasteiger partial charge on any atom is -0.493 e. The molecule has 4 aromatic rings. The zero-order valence-corrected chi connectivity index (χ0v) is 18.7. The Labute approximate surface area is 193 Å². The first kappa shape index (κ1) is 22.1. The number of rotatable bonds is 6. The average molecular weight is 467 g/mol. The van der Waals surface area contributed by atoms with Crippen molar-refractivity contribution in [3.63, 3.8) is 0 Å². The number of amides is 1. The molecule has 33 heavy (non-hydrogen) atoms. The molecule has 0 saturated heterocycles. The number of aromatic nitrogens is 3. The number of carbonyl (C=O) groups is 2. The Hall–Kier alpha value is -4.11. The molecule has 9 nitrogen and oxygen atoms in total. The molecular formula is C23H19ClN4O5.